The lowest BCUT2D eigenvalue weighted by Gasteiger charge is -2.12. The second-order valence-corrected chi connectivity index (χ2v) is 6.85. The van der Waals surface area contributed by atoms with E-state index in [4.69, 9.17) is 10.5 Å². The summed E-state index contributed by atoms with van der Waals surface area (Å²) in [5.41, 5.74) is 6.26. The fourth-order valence-corrected chi connectivity index (χ4v) is 3.55. The molecule has 0 bridgehead atoms. The average Bonchev–Trinajstić information content (AvgIpc) is 2.58. The van der Waals surface area contributed by atoms with E-state index in [1.54, 1.807) is 72.8 Å². The lowest BCUT2D eigenvalue weighted by Crippen LogP contribution is -2.03. The van der Waals surface area contributed by atoms with Gasteiger partial charge >= 0.3 is 0 Å². The number of nitrogens with two attached hydrogens (primary N) is 1. The third kappa shape index (κ3) is 3.19. The van der Waals surface area contributed by atoms with Gasteiger partial charge in [0.05, 0.1) is 4.90 Å². The molecule has 0 saturated heterocycles. The molecule has 0 amide bonds. The van der Waals surface area contributed by atoms with Gasteiger partial charge in [-0.25, -0.2) is 8.42 Å². The summed E-state index contributed by atoms with van der Waals surface area (Å²) >= 11 is 0. The van der Waals surface area contributed by atoms with Crippen molar-refractivity contribution >= 4 is 15.5 Å². The van der Waals surface area contributed by atoms with Crippen LogP contribution in [0.2, 0.25) is 0 Å². The first-order valence-electron chi connectivity index (χ1n) is 7.00. The van der Waals surface area contributed by atoms with Crippen LogP contribution in [0.1, 0.15) is 0 Å². The molecule has 0 spiro atoms. The van der Waals surface area contributed by atoms with E-state index in [1.807, 2.05) is 0 Å². The highest BCUT2D eigenvalue weighted by Gasteiger charge is 2.22. The summed E-state index contributed by atoms with van der Waals surface area (Å²) in [6.07, 6.45) is 0. The summed E-state index contributed by atoms with van der Waals surface area (Å²) in [6, 6.07) is 21.6. The molecular formula is C18H15NO3S. The maximum Gasteiger partial charge on any atom is 0.210 e. The standard InChI is InChI=1S/C18H15NO3S/c19-14-10-12-15(13-11-14)22-17-8-4-5-9-18(17)23(20,21)16-6-2-1-3-7-16/h1-13H,19H2. The van der Waals surface area contributed by atoms with E-state index >= 15 is 0 Å². The van der Waals surface area contributed by atoms with E-state index in [0.717, 1.165) is 0 Å². The Labute approximate surface area is 135 Å². The number of hydrogen-bond donors (Lipinski definition) is 1. The molecule has 0 heterocycles. The third-order valence-corrected chi connectivity index (χ3v) is 5.11. The van der Waals surface area contributed by atoms with Crippen LogP contribution in [0.25, 0.3) is 0 Å². The first-order valence-corrected chi connectivity index (χ1v) is 8.48. The van der Waals surface area contributed by atoms with Crippen molar-refractivity contribution in [2.45, 2.75) is 9.79 Å². The van der Waals surface area contributed by atoms with E-state index in [0.29, 0.717) is 11.4 Å². The fourth-order valence-electron chi connectivity index (χ4n) is 2.15. The maximum absolute atomic E-state index is 12.8. The molecule has 0 aliphatic carbocycles. The highest BCUT2D eigenvalue weighted by molar-refractivity contribution is 7.91. The molecule has 0 fully saturated rings. The van der Waals surface area contributed by atoms with Crippen molar-refractivity contribution in [2.24, 2.45) is 0 Å². The summed E-state index contributed by atoms with van der Waals surface area (Å²) in [5, 5.41) is 0. The normalized spacial score (nSPS) is 11.1. The minimum atomic E-state index is -3.65. The van der Waals surface area contributed by atoms with Gasteiger partial charge in [-0.2, -0.15) is 0 Å². The Morgan fingerprint density at radius 1 is 0.739 bits per heavy atom. The van der Waals surface area contributed by atoms with Crippen LogP contribution < -0.4 is 10.5 Å². The second-order valence-electron chi connectivity index (χ2n) is 4.93. The molecular weight excluding hydrogens is 310 g/mol. The van der Waals surface area contributed by atoms with Crippen LogP contribution in [-0.4, -0.2) is 8.42 Å². The topological polar surface area (TPSA) is 69.4 Å². The molecule has 23 heavy (non-hydrogen) atoms. The van der Waals surface area contributed by atoms with Crippen molar-refractivity contribution in [3.63, 3.8) is 0 Å². The number of benzene rings is 3. The van der Waals surface area contributed by atoms with E-state index in [1.165, 1.54) is 6.07 Å². The van der Waals surface area contributed by atoms with Crippen LogP contribution in [0, 0.1) is 0 Å². The lowest BCUT2D eigenvalue weighted by molar-refractivity contribution is 0.467. The van der Waals surface area contributed by atoms with Gasteiger partial charge in [0.1, 0.15) is 16.4 Å². The number of sulfone groups is 1. The summed E-state index contributed by atoms with van der Waals surface area (Å²) < 4.78 is 31.3. The zero-order valence-electron chi connectivity index (χ0n) is 12.2. The second kappa shape index (κ2) is 6.14. The lowest BCUT2D eigenvalue weighted by atomic mass is 10.3. The van der Waals surface area contributed by atoms with Gasteiger partial charge in [0.2, 0.25) is 9.84 Å². The van der Waals surface area contributed by atoms with E-state index in [2.05, 4.69) is 0 Å². The predicted molar refractivity (Wildman–Crippen MR) is 89.3 cm³/mol. The molecule has 0 aromatic heterocycles. The number of para-hydroxylation sites is 1. The van der Waals surface area contributed by atoms with Gasteiger partial charge in [0.25, 0.3) is 0 Å². The molecule has 3 rings (SSSR count). The van der Waals surface area contributed by atoms with Crippen LogP contribution in [-0.2, 0) is 9.84 Å². The zero-order valence-corrected chi connectivity index (χ0v) is 13.0. The van der Waals surface area contributed by atoms with Crippen molar-refractivity contribution in [1.29, 1.82) is 0 Å². The quantitative estimate of drug-likeness (QED) is 0.739. The number of ether oxygens (including phenoxy) is 1. The zero-order chi connectivity index (χ0) is 16.3. The van der Waals surface area contributed by atoms with Crippen LogP contribution >= 0.6 is 0 Å². The Morgan fingerprint density at radius 2 is 1.35 bits per heavy atom. The number of hydrogen-bond acceptors (Lipinski definition) is 4. The van der Waals surface area contributed by atoms with Gasteiger partial charge < -0.3 is 10.5 Å². The molecule has 3 aromatic carbocycles. The SMILES string of the molecule is Nc1ccc(Oc2ccccc2S(=O)(=O)c2ccccc2)cc1. The molecule has 0 unspecified atom stereocenters. The number of anilines is 1. The Hall–Kier alpha value is -2.79. The Kier molecular flexibility index (Phi) is 4.04. The summed E-state index contributed by atoms with van der Waals surface area (Å²) in [4.78, 5) is 0.358. The minimum absolute atomic E-state index is 0.128. The van der Waals surface area contributed by atoms with Gasteiger partial charge in [0.15, 0.2) is 0 Å². The number of nitrogen functional groups attached to an aromatic ring is 1. The summed E-state index contributed by atoms with van der Waals surface area (Å²) in [7, 11) is -3.65. The molecule has 4 nitrogen and oxygen atoms in total. The largest absolute Gasteiger partial charge is 0.456 e. The Morgan fingerprint density at radius 3 is 2.04 bits per heavy atom. The van der Waals surface area contributed by atoms with Crippen molar-refractivity contribution in [3.05, 3.63) is 78.9 Å². The Balaban J connectivity index is 2.03. The molecule has 3 aromatic rings. The molecule has 0 atom stereocenters. The van der Waals surface area contributed by atoms with Gasteiger partial charge in [-0.3, -0.25) is 0 Å². The summed E-state index contributed by atoms with van der Waals surface area (Å²) in [6.45, 7) is 0. The average molecular weight is 325 g/mol. The van der Waals surface area contributed by atoms with Gasteiger partial charge in [0, 0.05) is 5.69 Å². The smallest absolute Gasteiger partial charge is 0.210 e. The fraction of sp³-hybridized carbons (Fsp3) is 0. The van der Waals surface area contributed by atoms with Crippen LogP contribution in [0.4, 0.5) is 5.69 Å². The summed E-state index contributed by atoms with van der Waals surface area (Å²) in [5.74, 6) is 0.802. The van der Waals surface area contributed by atoms with Gasteiger partial charge in [-0.15, -0.1) is 0 Å². The highest BCUT2D eigenvalue weighted by atomic mass is 32.2. The van der Waals surface area contributed by atoms with Crippen molar-refractivity contribution < 1.29 is 13.2 Å². The molecule has 0 aliphatic heterocycles. The first-order chi connectivity index (χ1) is 11.1. The van der Waals surface area contributed by atoms with Crippen molar-refractivity contribution in [1.82, 2.24) is 0 Å². The van der Waals surface area contributed by atoms with Gasteiger partial charge in [-0.05, 0) is 48.5 Å². The molecule has 2 N–H and O–H groups in total. The molecule has 0 radical (unpaired) electrons. The molecule has 0 saturated carbocycles. The van der Waals surface area contributed by atoms with E-state index in [9.17, 15) is 8.42 Å². The molecule has 116 valence electrons. The monoisotopic (exact) mass is 325 g/mol. The predicted octanol–water partition coefficient (Wildman–Crippen LogP) is 3.89. The van der Waals surface area contributed by atoms with Crippen molar-refractivity contribution in [2.75, 3.05) is 5.73 Å². The van der Waals surface area contributed by atoms with Crippen molar-refractivity contribution in [3.8, 4) is 11.5 Å². The maximum atomic E-state index is 12.8. The third-order valence-electron chi connectivity index (χ3n) is 3.30. The van der Waals surface area contributed by atoms with E-state index in [-0.39, 0.29) is 15.5 Å². The molecule has 5 heteroatoms. The van der Waals surface area contributed by atoms with Gasteiger partial charge in [-0.1, -0.05) is 30.3 Å². The highest BCUT2D eigenvalue weighted by Crippen LogP contribution is 2.32. The van der Waals surface area contributed by atoms with Crippen LogP contribution in [0.3, 0.4) is 0 Å². The van der Waals surface area contributed by atoms with Crippen LogP contribution in [0.5, 0.6) is 11.5 Å². The van der Waals surface area contributed by atoms with Crippen LogP contribution in [0.15, 0.2) is 88.7 Å². The number of rotatable bonds is 4. The minimum Gasteiger partial charge on any atom is -0.456 e. The first kappa shape index (κ1) is 15.1. The van der Waals surface area contributed by atoms with E-state index < -0.39 is 9.84 Å². The molecule has 0 aliphatic rings. The Bertz CT molecular complexity index is 905.